The Bertz CT molecular complexity index is 899. The van der Waals surface area contributed by atoms with E-state index in [-0.39, 0.29) is 12.0 Å². The molecule has 1 saturated carbocycles. The molecule has 2 heterocycles. The van der Waals surface area contributed by atoms with Gasteiger partial charge in [-0.15, -0.1) is 0 Å². The van der Waals surface area contributed by atoms with Crippen molar-refractivity contribution in [1.82, 2.24) is 10.1 Å². The van der Waals surface area contributed by atoms with Crippen molar-refractivity contribution in [3.8, 4) is 5.75 Å². The lowest BCUT2D eigenvalue weighted by Crippen LogP contribution is -2.37. The van der Waals surface area contributed by atoms with E-state index in [1.165, 1.54) is 6.07 Å². The second kappa shape index (κ2) is 9.32. The van der Waals surface area contributed by atoms with Crippen LogP contribution >= 0.6 is 0 Å². The Kier molecular flexibility index (Phi) is 6.52. The molecule has 8 nitrogen and oxygen atoms in total. The molecule has 2 N–H and O–H groups in total. The molecule has 1 aliphatic heterocycles. The number of rotatable bonds is 10. The van der Waals surface area contributed by atoms with Crippen LogP contribution < -0.4 is 15.4 Å². The van der Waals surface area contributed by atoms with E-state index in [1.807, 2.05) is 0 Å². The third-order valence-corrected chi connectivity index (χ3v) is 6.45. The minimum absolute atomic E-state index is 0.0688. The highest BCUT2D eigenvalue weighted by molar-refractivity contribution is 5.55. The highest BCUT2D eigenvalue weighted by Gasteiger charge is 2.54. The molecule has 2 aromatic rings. The topological polar surface area (TPSA) is 104 Å². The van der Waals surface area contributed by atoms with Gasteiger partial charge in [0.25, 0.3) is 0 Å². The van der Waals surface area contributed by atoms with Crippen molar-refractivity contribution in [2.75, 3.05) is 31.7 Å². The molecule has 0 spiro atoms. The van der Waals surface area contributed by atoms with E-state index in [4.69, 9.17) is 19.7 Å². The van der Waals surface area contributed by atoms with Gasteiger partial charge in [-0.1, -0.05) is 11.2 Å². The van der Waals surface area contributed by atoms with Gasteiger partial charge in [-0.05, 0) is 49.1 Å². The summed E-state index contributed by atoms with van der Waals surface area (Å²) in [6.07, 6.45) is 4.56. The van der Waals surface area contributed by atoms with Crippen molar-refractivity contribution in [3.63, 3.8) is 0 Å². The molecule has 2 unspecified atom stereocenters. The quantitative estimate of drug-likeness (QED) is 0.571. The van der Waals surface area contributed by atoms with Gasteiger partial charge in [-0.25, -0.2) is 4.39 Å². The average molecular weight is 432 g/mol. The summed E-state index contributed by atoms with van der Waals surface area (Å²) in [5, 5.41) is 3.92. The predicted molar refractivity (Wildman–Crippen MR) is 111 cm³/mol. The Hall–Kier alpha value is -2.52. The first-order valence-electron chi connectivity index (χ1n) is 10.7. The number of aromatic nitrogens is 2. The first-order chi connectivity index (χ1) is 15.0. The molecule has 1 aliphatic carbocycles. The van der Waals surface area contributed by atoms with Crippen molar-refractivity contribution in [2.45, 2.75) is 44.2 Å². The Morgan fingerprint density at radius 3 is 2.90 bits per heavy atom. The molecule has 31 heavy (non-hydrogen) atoms. The fourth-order valence-corrected chi connectivity index (χ4v) is 4.56. The van der Waals surface area contributed by atoms with Crippen molar-refractivity contribution in [1.29, 1.82) is 0 Å². The fraction of sp³-hybridized carbons (Fsp3) is 0.591. The van der Waals surface area contributed by atoms with Crippen molar-refractivity contribution >= 4 is 12.3 Å². The van der Waals surface area contributed by atoms with E-state index in [0.717, 1.165) is 38.8 Å². The lowest BCUT2D eigenvalue weighted by Gasteiger charge is -2.31. The maximum Gasteiger partial charge on any atom is 0.324 e. The van der Waals surface area contributed by atoms with Crippen molar-refractivity contribution < 1.29 is 23.2 Å². The maximum atomic E-state index is 13.9. The summed E-state index contributed by atoms with van der Waals surface area (Å²) in [5.41, 5.74) is 6.77. The van der Waals surface area contributed by atoms with Gasteiger partial charge in [-0.3, -0.25) is 0 Å². The van der Waals surface area contributed by atoms with Crippen LogP contribution in [-0.4, -0.2) is 48.8 Å². The molecule has 0 bridgehead atoms. The number of carbonyl (C=O) groups is 1. The molecule has 0 radical (unpaired) electrons. The van der Waals surface area contributed by atoms with Crippen LogP contribution in [0, 0.1) is 17.7 Å². The molecule has 1 aromatic heterocycles. The van der Waals surface area contributed by atoms with Crippen LogP contribution in [0.2, 0.25) is 0 Å². The molecular formula is C22H29FN4O4. The van der Waals surface area contributed by atoms with Crippen LogP contribution in [-0.2, 0) is 22.6 Å². The van der Waals surface area contributed by atoms with Crippen LogP contribution in [0.3, 0.4) is 0 Å². The second-order valence-corrected chi connectivity index (χ2v) is 8.52. The van der Waals surface area contributed by atoms with Gasteiger partial charge in [0.2, 0.25) is 0 Å². The number of ether oxygens (including phenoxy) is 2. The zero-order valence-electron chi connectivity index (χ0n) is 17.8. The summed E-state index contributed by atoms with van der Waals surface area (Å²) in [5.74, 6) is 1.66. The summed E-state index contributed by atoms with van der Waals surface area (Å²) in [6.45, 7) is 2.53. The van der Waals surface area contributed by atoms with Gasteiger partial charge in [0.1, 0.15) is 24.5 Å². The number of nitrogens with zero attached hydrogens (tertiary/aromatic N) is 3. The van der Waals surface area contributed by atoms with E-state index in [9.17, 15) is 9.18 Å². The highest BCUT2D eigenvalue weighted by atomic mass is 19.1. The number of methoxy groups -OCH3 is 1. The number of hydrogen-bond acceptors (Lipinski definition) is 8. The van der Waals surface area contributed by atoms with E-state index in [0.29, 0.717) is 54.5 Å². The van der Waals surface area contributed by atoms with Gasteiger partial charge in [0, 0.05) is 38.2 Å². The first-order valence-corrected chi connectivity index (χ1v) is 10.7. The summed E-state index contributed by atoms with van der Waals surface area (Å²) in [4.78, 5) is 17.0. The molecule has 4 rings (SSSR count). The largest absolute Gasteiger partial charge is 0.493 e. The number of hydrogen-bond donors (Lipinski definition) is 1. The van der Waals surface area contributed by atoms with E-state index >= 15 is 0 Å². The summed E-state index contributed by atoms with van der Waals surface area (Å²) in [7, 11) is 1.60. The molecule has 0 amide bonds. The van der Waals surface area contributed by atoms with Gasteiger partial charge in [0.15, 0.2) is 5.82 Å². The molecule has 1 aromatic carbocycles. The lowest BCUT2D eigenvalue weighted by atomic mass is 9.89. The van der Waals surface area contributed by atoms with E-state index in [1.54, 1.807) is 19.2 Å². The number of piperidine rings is 1. The van der Waals surface area contributed by atoms with Crippen LogP contribution in [0.4, 0.5) is 10.4 Å². The van der Waals surface area contributed by atoms with Crippen LogP contribution in [0.15, 0.2) is 22.7 Å². The standard InChI is InChI=1S/C22H29FN4O4/c1-29-14-20-25-21(31-26-20)27-8-4-15(5-9-27)18-13-22(18,24)7-11-30-17-3-2-16(6-10-28)19(23)12-17/h2-3,10,12,15,18H,4-9,11,13-14,24H2,1H3. The molecule has 1 saturated heterocycles. The van der Waals surface area contributed by atoms with Gasteiger partial charge >= 0.3 is 6.01 Å². The molecule has 9 heteroatoms. The molecule has 2 fully saturated rings. The fourth-order valence-electron chi connectivity index (χ4n) is 4.56. The summed E-state index contributed by atoms with van der Waals surface area (Å²) < 4.78 is 30.0. The number of benzene rings is 1. The number of anilines is 1. The van der Waals surface area contributed by atoms with Gasteiger partial charge < -0.3 is 29.4 Å². The van der Waals surface area contributed by atoms with Crippen molar-refractivity contribution in [3.05, 3.63) is 35.4 Å². The Balaban J connectivity index is 1.21. The number of nitrogens with two attached hydrogens (primary N) is 1. The minimum atomic E-state index is -0.418. The van der Waals surface area contributed by atoms with Crippen LogP contribution in [0.5, 0.6) is 5.75 Å². The molecule has 2 aliphatic rings. The minimum Gasteiger partial charge on any atom is -0.493 e. The predicted octanol–water partition coefficient (Wildman–Crippen LogP) is 2.50. The normalized spacial score (nSPS) is 23.7. The molecule has 168 valence electrons. The second-order valence-electron chi connectivity index (χ2n) is 8.52. The zero-order valence-corrected chi connectivity index (χ0v) is 17.8. The number of halogens is 1. The Morgan fingerprint density at radius 1 is 1.39 bits per heavy atom. The maximum absolute atomic E-state index is 13.9. The monoisotopic (exact) mass is 432 g/mol. The van der Waals surface area contributed by atoms with Gasteiger partial charge in [0.05, 0.1) is 6.61 Å². The van der Waals surface area contributed by atoms with Gasteiger partial charge in [-0.2, -0.15) is 4.98 Å². The number of aldehydes is 1. The summed E-state index contributed by atoms with van der Waals surface area (Å²) in [6, 6.07) is 5.17. The zero-order chi connectivity index (χ0) is 21.8. The number of carbonyl (C=O) groups excluding carboxylic acids is 1. The third kappa shape index (κ3) is 5.04. The van der Waals surface area contributed by atoms with Crippen LogP contribution in [0.25, 0.3) is 0 Å². The Labute approximate surface area is 180 Å². The highest BCUT2D eigenvalue weighted by Crippen LogP contribution is 2.51. The molecular weight excluding hydrogens is 403 g/mol. The first kappa shape index (κ1) is 21.7. The lowest BCUT2D eigenvalue weighted by molar-refractivity contribution is -0.107. The van der Waals surface area contributed by atoms with E-state index in [2.05, 4.69) is 15.0 Å². The average Bonchev–Trinajstić information content (AvgIpc) is 3.21. The SMILES string of the molecule is COCc1noc(N2CCC(C3CC3(N)CCOc3ccc(CC=O)c(F)c3)CC2)n1. The third-order valence-electron chi connectivity index (χ3n) is 6.45. The smallest absolute Gasteiger partial charge is 0.324 e. The molecule has 2 atom stereocenters. The van der Waals surface area contributed by atoms with Crippen molar-refractivity contribution in [2.24, 2.45) is 17.6 Å². The van der Waals surface area contributed by atoms with E-state index < -0.39 is 5.82 Å². The van der Waals surface area contributed by atoms with Crippen LogP contribution in [0.1, 0.15) is 37.1 Å². The Morgan fingerprint density at radius 2 is 2.19 bits per heavy atom. The summed E-state index contributed by atoms with van der Waals surface area (Å²) >= 11 is 0.